The molecule has 0 saturated carbocycles. The number of piperidine rings is 2. The van der Waals surface area contributed by atoms with Gasteiger partial charge in [-0.05, 0) is 96.7 Å². The monoisotopic (exact) mass is 576 g/mol. The molecule has 1 aromatic heterocycles. The Bertz CT molecular complexity index is 1600. The van der Waals surface area contributed by atoms with Crippen molar-refractivity contribution < 1.29 is 17.6 Å². The highest BCUT2D eigenvalue weighted by Crippen LogP contribution is 2.47. The summed E-state index contributed by atoms with van der Waals surface area (Å²) in [5.41, 5.74) is 3.42. The van der Waals surface area contributed by atoms with E-state index in [1.807, 2.05) is 23.1 Å². The van der Waals surface area contributed by atoms with Crippen molar-refractivity contribution >= 4 is 22.0 Å². The number of amides is 1. The van der Waals surface area contributed by atoms with Gasteiger partial charge in [-0.1, -0.05) is 32.9 Å². The quantitative estimate of drug-likeness (QED) is 0.420. The maximum Gasteiger partial charge on any atom is 0.243 e. The molecule has 0 radical (unpaired) electrons. The molecule has 6 rings (SSSR count). The lowest BCUT2D eigenvalue weighted by Crippen LogP contribution is -2.57. The molecule has 7 nitrogen and oxygen atoms in total. The van der Waals surface area contributed by atoms with Gasteiger partial charge < -0.3 is 4.90 Å². The van der Waals surface area contributed by atoms with Crippen LogP contribution in [-0.2, 0) is 26.7 Å². The van der Waals surface area contributed by atoms with Crippen LogP contribution in [0.25, 0.3) is 11.8 Å². The lowest BCUT2D eigenvalue weighted by Gasteiger charge is -2.47. The summed E-state index contributed by atoms with van der Waals surface area (Å²) in [6.07, 6.45) is 7.62. The third-order valence-corrected chi connectivity index (χ3v) is 10.7. The second-order valence-electron chi connectivity index (χ2n) is 12.6. The van der Waals surface area contributed by atoms with E-state index in [1.54, 1.807) is 35.1 Å². The Balaban J connectivity index is 1.38. The normalized spacial score (nSPS) is 21.7. The Kier molecular flexibility index (Phi) is 6.93. The van der Waals surface area contributed by atoms with Crippen LogP contribution in [-0.4, -0.2) is 59.5 Å². The molecular weight excluding hydrogens is 539 g/mol. The van der Waals surface area contributed by atoms with E-state index in [9.17, 15) is 17.6 Å². The number of rotatable bonds is 4. The summed E-state index contributed by atoms with van der Waals surface area (Å²) in [7, 11) is -3.82. The number of fused-ring (bicyclic) bond motifs is 2. The van der Waals surface area contributed by atoms with Gasteiger partial charge in [0.1, 0.15) is 5.82 Å². The van der Waals surface area contributed by atoms with E-state index in [0.29, 0.717) is 32.5 Å². The van der Waals surface area contributed by atoms with Gasteiger partial charge in [0.2, 0.25) is 15.9 Å². The molecule has 3 heterocycles. The smallest absolute Gasteiger partial charge is 0.243 e. The van der Waals surface area contributed by atoms with Crippen LogP contribution in [0.4, 0.5) is 4.39 Å². The lowest BCUT2D eigenvalue weighted by molar-refractivity contribution is -0.142. The van der Waals surface area contributed by atoms with E-state index >= 15 is 0 Å². The number of nitrogens with zero attached hydrogens (tertiary/aromatic N) is 4. The van der Waals surface area contributed by atoms with E-state index < -0.39 is 15.4 Å². The minimum atomic E-state index is -3.82. The number of carbonyl (C=O) groups excluding carboxylic acids is 1. The maximum atomic E-state index is 14.4. The minimum Gasteiger partial charge on any atom is -0.342 e. The summed E-state index contributed by atoms with van der Waals surface area (Å²) in [5.74, 6) is -0.312. The van der Waals surface area contributed by atoms with E-state index in [-0.39, 0.29) is 28.6 Å². The summed E-state index contributed by atoms with van der Waals surface area (Å²) in [6, 6.07) is 13.3. The first kappa shape index (κ1) is 27.8. The highest BCUT2D eigenvalue weighted by atomic mass is 32.2. The predicted octanol–water partition coefficient (Wildman–Crippen LogP) is 5.34. The van der Waals surface area contributed by atoms with Gasteiger partial charge in [0.15, 0.2) is 0 Å². The molecule has 216 valence electrons. The van der Waals surface area contributed by atoms with Crippen molar-refractivity contribution in [3.05, 3.63) is 82.9 Å². The van der Waals surface area contributed by atoms with Gasteiger partial charge in [0, 0.05) is 26.2 Å². The second kappa shape index (κ2) is 10.2. The van der Waals surface area contributed by atoms with Gasteiger partial charge in [-0.25, -0.2) is 17.5 Å². The third-order valence-electron chi connectivity index (χ3n) is 8.86. The van der Waals surface area contributed by atoms with Crippen LogP contribution in [0.5, 0.6) is 0 Å². The SMILES string of the molecule is CC(C)(C)c1ccc(S(=O)(=O)N2CCC3=Cc4c(cnn4-c4ccc(F)cc4)C[C@]3(C(=O)N3CCCCC3)C2)cc1. The van der Waals surface area contributed by atoms with Crippen molar-refractivity contribution in [2.45, 2.75) is 63.2 Å². The lowest BCUT2D eigenvalue weighted by atomic mass is 9.67. The number of aromatic nitrogens is 2. The number of halogens is 1. The molecule has 1 aliphatic carbocycles. The van der Waals surface area contributed by atoms with Gasteiger partial charge >= 0.3 is 0 Å². The molecule has 0 unspecified atom stereocenters. The molecule has 2 aromatic carbocycles. The van der Waals surface area contributed by atoms with Crippen LogP contribution >= 0.6 is 0 Å². The third kappa shape index (κ3) is 4.93. The van der Waals surface area contributed by atoms with Crippen LogP contribution in [0.3, 0.4) is 0 Å². The summed E-state index contributed by atoms with van der Waals surface area (Å²) in [4.78, 5) is 16.6. The Hall–Kier alpha value is -3.30. The first-order valence-corrected chi connectivity index (χ1v) is 15.9. The zero-order valence-electron chi connectivity index (χ0n) is 23.9. The average Bonchev–Trinajstić information content (AvgIpc) is 3.37. The number of hydrogen-bond donors (Lipinski definition) is 0. The van der Waals surface area contributed by atoms with Crippen molar-refractivity contribution in [3.63, 3.8) is 0 Å². The molecule has 2 aliphatic heterocycles. The Morgan fingerprint density at radius 2 is 1.63 bits per heavy atom. The fraction of sp³-hybridized carbons (Fsp3) is 0.438. The molecule has 9 heteroatoms. The minimum absolute atomic E-state index is 0.00612. The van der Waals surface area contributed by atoms with Crippen molar-refractivity contribution in [2.24, 2.45) is 5.41 Å². The molecule has 0 N–H and O–H groups in total. The summed E-state index contributed by atoms with van der Waals surface area (Å²) < 4.78 is 44.8. The van der Waals surface area contributed by atoms with Crippen LogP contribution in [0.2, 0.25) is 0 Å². The molecule has 0 spiro atoms. The number of carbonyl (C=O) groups is 1. The van der Waals surface area contributed by atoms with E-state index in [0.717, 1.165) is 47.3 Å². The van der Waals surface area contributed by atoms with Crippen molar-refractivity contribution in [1.29, 1.82) is 0 Å². The fourth-order valence-corrected chi connectivity index (χ4v) is 7.97. The second-order valence-corrected chi connectivity index (χ2v) is 14.5. The van der Waals surface area contributed by atoms with E-state index in [4.69, 9.17) is 0 Å². The standard InChI is InChI=1S/C32H37FN4O3S/c1-31(2,3)24-7-13-28(14-8-24)41(39,40)36-18-15-25-19-29-23(21-34-37(29)27-11-9-26(33)10-12-27)20-32(25,22-36)30(38)35-16-5-4-6-17-35/h7-14,19,21H,4-6,15-18,20,22H2,1-3H3/t32-/m0/s1. The average molecular weight is 577 g/mol. The number of sulfonamides is 1. The molecule has 1 amide bonds. The molecule has 1 atom stereocenters. The highest BCUT2D eigenvalue weighted by Gasteiger charge is 2.52. The Morgan fingerprint density at radius 3 is 2.29 bits per heavy atom. The van der Waals surface area contributed by atoms with E-state index in [2.05, 4.69) is 25.9 Å². The van der Waals surface area contributed by atoms with Gasteiger partial charge in [0.25, 0.3) is 0 Å². The zero-order valence-corrected chi connectivity index (χ0v) is 24.8. The molecular formula is C32H37FN4O3S. The van der Waals surface area contributed by atoms with Gasteiger partial charge in [-0.2, -0.15) is 9.40 Å². The van der Waals surface area contributed by atoms with Crippen LogP contribution in [0.1, 0.15) is 63.3 Å². The van der Waals surface area contributed by atoms with E-state index in [1.165, 1.54) is 16.4 Å². The molecule has 0 bridgehead atoms. The van der Waals surface area contributed by atoms with Crippen LogP contribution < -0.4 is 0 Å². The molecule has 2 saturated heterocycles. The summed E-state index contributed by atoms with van der Waals surface area (Å²) >= 11 is 0. The maximum absolute atomic E-state index is 14.4. The van der Waals surface area contributed by atoms with Crippen molar-refractivity contribution in [3.8, 4) is 5.69 Å². The molecule has 3 aliphatic rings. The fourth-order valence-electron chi connectivity index (χ4n) is 6.47. The number of benzene rings is 2. The number of likely N-dealkylation sites (tertiary alicyclic amines) is 1. The van der Waals surface area contributed by atoms with Gasteiger partial charge in [-0.15, -0.1) is 0 Å². The van der Waals surface area contributed by atoms with Gasteiger partial charge in [0.05, 0.1) is 27.9 Å². The van der Waals surface area contributed by atoms with Crippen molar-refractivity contribution in [2.75, 3.05) is 26.2 Å². The topological polar surface area (TPSA) is 75.5 Å². The zero-order chi connectivity index (χ0) is 29.0. The Labute approximate surface area is 241 Å². The highest BCUT2D eigenvalue weighted by molar-refractivity contribution is 7.89. The predicted molar refractivity (Wildman–Crippen MR) is 157 cm³/mol. The molecule has 2 fully saturated rings. The van der Waals surface area contributed by atoms with Crippen molar-refractivity contribution in [1.82, 2.24) is 19.0 Å². The van der Waals surface area contributed by atoms with Gasteiger partial charge in [-0.3, -0.25) is 4.79 Å². The number of hydrogen-bond acceptors (Lipinski definition) is 4. The molecule has 3 aromatic rings. The first-order valence-electron chi connectivity index (χ1n) is 14.4. The Morgan fingerprint density at radius 1 is 0.951 bits per heavy atom. The molecule has 41 heavy (non-hydrogen) atoms. The summed E-state index contributed by atoms with van der Waals surface area (Å²) in [6.45, 7) is 8.07. The summed E-state index contributed by atoms with van der Waals surface area (Å²) in [5, 5.41) is 4.59. The largest absolute Gasteiger partial charge is 0.342 e. The van der Waals surface area contributed by atoms with Crippen LogP contribution in [0.15, 0.2) is 65.2 Å². The first-order chi connectivity index (χ1) is 19.5. The van der Waals surface area contributed by atoms with Crippen LogP contribution in [0, 0.1) is 11.2 Å².